The predicted molar refractivity (Wildman–Crippen MR) is 133 cm³/mol. The smallest absolute Gasteiger partial charge is 0.252 e. The van der Waals surface area contributed by atoms with Gasteiger partial charge in [0, 0.05) is 47.2 Å². The minimum Gasteiger partial charge on any atom is -0.497 e. The summed E-state index contributed by atoms with van der Waals surface area (Å²) in [5.41, 5.74) is 4.59. The van der Waals surface area contributed by atoms with Crippen molar-refractivity contribution < 1.29 is 9.53 Å². The lowest BCUT2D eigenvalue weighted by Gasteiger charge is -2.19. The Balaban J connectivity index is 1.43. The molecule has 0 spiro atoms. The van der Waals surface area contributed by atoms with Gasteiger partial charge in [0.15, 0.2) is 5.65 Å². The van der Waals surface area contributed by atoms with Crippen molar-refractivity contribution in [1.29, 1.82) is 0 Å². The first-order valence-electron chi connectivity index (χ1n) is 11.4. The Labute approximate surface area is 197 Å². The Morgan fingerprint density at radius 1 is 1.12 bits per heavy atom. The number of hydrogen-bond donors (Lipinski definition) is 2. The minimum atomic E-state index is -0.162. The van der Waals surface area contributed by atoms with E-state index in [9.17, 15) is 4.79 Å². The van der Waals surface area contributed by atoms with E-state index in [0.717, 1.165) is 38.8 Å². The molecule has 0 radical (unpaired) electrons. The summed E-state index contributed by atoms with van der Waals surface area (Å²) in [6, 6.07) is 18.2. The van der Waals surface area contributed by atoms with Crippen molar-refractivity contribution in [3.63, 3.8) is 0 Å². The molecule has 3 aromatic heterocycles. The third kappa shape index (κ3) is 4.01. The van der Waals surface area contributed by atoms with Crippen molar-refractivity contribution in [3.8, 4) is 5.75 Å². The van der Waals surface area contributed by atoms with Gasteiger partial charge in [-0.05, 0) is 49.2 Å². The van der Waals surface area contributed by atoms with Crippen LogP contribution in [0.3, 0.4) is 0 Å². The van der Waals surface area contributed by atoms with Crippen LogP contribution in [0.15, 0.2) is 73.2 Å². The maximum absolute atomic E-state index is 13.1. The number of carbonyl (C=O) groups excluding carboxylic acids is 1. The van der Waals surface area contributed by atoms with E-state index in [2.05, 4.69) is 46.4 Å². The molecule has 7 heteroatoms. The maximum Gasteiger partial charge on any atom is 0.252 e. The van der Waals surface area contributed by atoms with Gasteiger partial charge in [0.25, 0.3) is 5.91 Å². The third-order valence-corrected chi connectivity index (χ3v) is 6.17. The lowest BCUT2D eigenvalue weighted by Crippen LogP contribution is -2.29. The van der Waals surface area contributed by atoms with Crippen LogP contribution in [-0.2, 0) is 0 Å². The van der Waals surface area contributed by atoms with Gasteiger partial charge >= 0.3 is 0 Å². The van der Waals surface area contributed by atoms with Gasteiger partial charge in [-0.25, -0.2) is 9.67 Å². The summed E-state index contributed by atoms with van der Waals surface area (Å²) < 4.78 is 7.18. The molecule has 0 aliphatic heterocycles. The quantitative estimate of drug-likeness (QED) is 0.361. The molecule has 0 bridgehead atoms. The van der Waals surface area contributed by atoms with Crippen molar-refractivity contribution in [2.24, 2.45) is 0 Å². The fourth-order valence-electron chi connectivity index (χ4n) is 4.36. The number of rotatable bonds is 7. The van der Waals surface area contributed by atoms with Gasteiger partial charge in [-0.1, -0.05) is 30.3 Å². The van der Waals surface area contributed by atoms with Crippen LogP contribution in [0.5, 0.6) is 5.75 Å². The number of aromatic nitrogens is 4. The molecular weight excluding hydrogens is 426 g/mol. The Bertz CT molecular complexity index is 1450. The van der Waals surface area contributed by atoms with Gasteiger partial charge in [-0.2, -0.15) is 5.10 Å². The highest BCUT2D eigenvalue weighted by Gasteiger charge is 2.20. The molecule has 0 fully saturated rings. The molecule has 172 valence electrons. The molecule has 1 unspecified atom stereocenters. The molecule has 2 aromatic carbocycles. The van der Waals surface area contributed by atoms with Gasteiger partial charge in [-0.15, -0.1) is 0 Å². The summed E-state index contributed by atoms with van der Waals surface area (Å²) in [5, 5.41) is 9.51. The number of aromatic amines is 1. The molecule has 1 amide bonds. The number of nitrogens with one attached hydrogen (secondary N) is 2. The number of pyridine rings is 1. The van der Waals surface area contributed by atoms with Crippen molar-refractivity contribution in [2.45, 2.75) is 25.8 Å². The van der Waals surface area contributed by atoms with E-state index in [1.807, 2.05) is 53.3 Å². The highest BCUT2D eigenvalue weighted by Crippen LogP contribution is 2.31. The minimum absolute atomic E-state index is 0.0358. The van der Waals surface area contributed by atoms with Crippen LogP contribution in [0.2, 0.25) is 0 Å². The summed E-state index contributed by atoms with van der Waals surface area (Å²) in [6.07, 6.45) is 5.40. The number of nitrogens with zero attached hydrogens (tertiary/aromatic N) is 3. The predicted octanol–water partition coefficient (Wildman–Crippen LogP) is 5.06. The summed E-state index contributed by atoms with van der Waals surface area (Å²) in [5.74, 6) is 0.600. The molecule has 5 rings (SSSR count). The van der Waals surface area contributed by atoms with Crippen LogP contribution in [0.1, 0.15) is 47.3 Å². The lowest BCUT2D eigenvalue weighted by atomic mass is 9.90. The summed E-state index contributed by atoms with van der Waals surface area (Å²) in [4.78, 5) is 20.9. The van der Waals surface area contributed by atoms with Gasteiger partial charge in [0.2, 0.25) is 0 Å². The fourth-order valence-corrected chi connectivity index (χ4v) is 4.36. The number of carbonyl (C=O) groups is 1. The summed E-state index contributed by atoms with van der Waals surface area (Å²) in [6.45, 7) is 4.55. The van der Waals surface area contributed by atoms with Gasteiger partial charge in [0.05, 0.1) is 18.9 Å². The zero-order chi connectivity index (χ0) is 23.7. The van der Waals surface area contributed by atoms with Crippen LogP contribution in [0, 0.1) is 0 Å². The Kier molecular flexibility index (Phi) is 5.76. The maximum atomic E-state index is 13.1. The molecule has 34 heavy (non-hydrogen) atoms. The largest absolute Gasteiger partial charge is 0.497 e. The molecule has 7 nitrogen and oxygen atoms in total. The zero-order valence-corrected chi connectivity index (χ0v) is 19.4. The highest BCUT2D eigenvalue weighted by atomic mass is 16.5. The SMILES string of the molecule is COc1ccc(C(CNC(=O)c2cnc3c(cnn3C(C)C)c2)c2c[nH]c3ccccc23)cc1. The van der Waals surface area contributed by atoms with Gasteiger partial charge in [-0.3, -0.25) is 4.79 Å². The second kappa shape index (κ2) is 9.02. The molecule has 5 aromatic rings. The van der Waals surface area contributed by atoms with Gasteiger partial charge < -0.3 is 15.0 Å². The zero-order valence-electron chi connectivity index (χ0n) is 19.4. The number of H-pyrrole nitrogens is 1. The number of ether oxygens (including phenoxy) is 1. The number of hydrogen-bond acceptors (Lipinski definition) is 4. The van der Waals surface area contributed by atoms with Crippen molar-refractivity contribution in [3.05, 3.63) is 89.9 Å². The normalized spacial score (nSPS) is 12.4. The van der Waals surface area contributed by atoms with E-state index in [1.165, 1.54) is 0 Å². The monoisotopic (exact) mass is 453 g/mol. The Morgan fingerprint density at radius 2 is 1.91 bits per heavy atom. The molecule has 0 saturated carbocycles. The second-order valence-electron chi connectivity index (χ2n) is 8.65. The molecule has 0 saturated heterocycles. The van der Waals surface area contributed by atoms with Crippen LogP contribution < -0.4 is 10.1 Å². The van der Waals surface area contributed by atoms with Crippen LogP contribution in [0.25, 0.3) is 21.9 Å². The highest BCUT2D eigenvalue weighted by molar-refractivity contribution is 5.97. The number of fused-ring (bicyclic) bond motifs is 2. The van der Waals surface area contributed by atoms with E-state index >= 15 is 0 Å². The average Bonchev–Trinajstić information content (AvgIpc) is 3.49. The Morgan fingerprint density at radius 3 is 2.68 bits per heavy atom. The van der Waals surface area contributed by atoms with E-state index in [4.69, 9.17) is 4.74 Å². The molecule has 2 N–H and O–H groups in total. The second-order valence-corrected chi connectivity index (χ2v) is 8.65. The van der Waals surface area contributed by atoms with Crippen molar-refractivity contribution in [2.75, 3.05) is 13.7 Å². The molecule has 0 aliphatic carbocycles. The fraction of sp³-hybridized carbons (Fsp3) is 0.222. The number of methoxy groups -OCH3 is 1. The van der Waals surface area contributed by atoms with Crippen molar-refractivity contribution >= 4 is 27.8 Å². The van der Waals surface area contributed by atoms with Crippen LogP contribution in [-0.4, -0.2) is 39.3 Å². The lowest BCUT2D eigenvalue weighted by molar-refractivity contribution is 0.0952. The first kappa shape index (κ1) is 21.7. The molecule has 0 aliphatic rings. The molecule has 1 atom stereocenters. The van der Waals surface area contributed by atoms with Crippen LogP contribution in [0.4, 0.5) is 0 Å². The first-order chi connectivity index (χ1) is 16.5. The van der Waals surface area contributed by atoms with Gasteiger partial charge in [0.1, 0.15) is 5.75 Å². The van der Waals surface area contributed by atoms with Crippen LogP contribution >= 0.6 is 0 Å². The van der Waals surface area contributed by atoms with E-state index < -0.39 is 0 Å². The van der Waals surface area contributed by atoms with E-state index in [-0.39, 0.29) is 17.9 Å². The van der Waals surface area contributed by atoms with Crippen molar-refractivity contribution in [1.82, 2.24) is 25.1 Å². The first-order valence-corrected chi connectivity index (χ1v) is 11.4. The Hall–Kier alpha value is -4.13. The van der Waals surface area contributed by atoms with E-state index in [1.54, 1.807) is 19.5 Å². The third-order valence-electron chi connectivity index (χ3n) is 6.17. The average molecular weight is 454 g/mol. The topological polar surface area (TPSA) is 84.8 Å². The number of amides is 1. The molecule has 3 heterocycles. The molecular formula is C27H27N5O2. The number of para-hydroxylation sites is 1. The number of benzene rings is 2. The van der Waals surface area contributed by atoms with E-state index in [0.29, 0.717) is 12.1 Å². The summed E-state index contributed by atoms with van der Waals surface area (Å²) in [7, 11) is 1.65. The summed E-state index contributed by atoms with van der Waals surface area (Å²) >= 11 is 0. The standard InChI is InChI=1S/C27H27N5O2/c1-17(2)32-26-19(14-31-32)12-20(13-29-26)27(33)30-15-23(18-8-10-21(34-3)11-9-18)24-16-28-25-7-5-4-6-22(24)25/h4-14,16-17,23,28H,15H2,1-3H3,(H,30,33).